The van der Waals surface area contributed by atoms with Gasteiger partial charge in [0.1, 0.15) is 0 Å². The number of allylic oxidation sites excluding steroid dienone is 2. The van der Waals surface area contributed by atoms with Gasteiger partial charge < -0.3 is 9.84 Å². The molecule has 0 aliphatic heterocycles. The van der Waals surface area contributed by atoms with E-state index in [-0.39, 0.29) is 12.4 Å². The maximum Gasteiger partial charge on any atom is 0.308 e. The molecule has 0 unspecified atom stereocenters. The zero-order valence-electron chi connectivity index (χ0n) is 12.6. The summed E-state index contributed by atoms with van der Waals surface area (Å²) in [6.45, 7) is 4.37. The molecule has 0 aromatic carbocycles. The minimum absolute atomic E-state index is 0.120. The van der Waals surface area contributed by atoms with Crippen molar-refractivity contribution in [1.82, 2.24) is 0 Å². The second-order valence-corrected chi connectivity index (χ2v) is 4.91. The summed E-state index contributed by atoms with van der Waals surface area (Å²) in [6.07, 6.45) is 12.9. The Morgan fingerprint density at radius 1 is 1.11 bits per heavy atom. The molecule has 1 N–H and O–H groups in total. The molecular formula is C16H30O3. The predicted molar refractivity (Wildman–Crippen MR) is 79.0 cm³/mol. The lowest BCUT2D eigenvalue weighted by Crippen LogP contribution is -2.15. The third-order valence-electron chi connectivity index (χ3n) is 3.01. The van der Waals surface area contributed by atoms with Crippen molar-refractivity contribution < 1.29 is 14.6 Å². The molecule has 112 valence electrons. The average molecular weight is 270 g/mol. The summed E-state index contributed by atoms with van der Waals surface area (Å²) in [7, 11) is 0. The van der Waals surface area contributed by atoms with Gasteiger partial charge in [-0.15, -0.1) is 0 Å². The van der Waals surface area contributed by atoms with Crippen LogP contribution < -0.4 is 0 Å². The molecule has 19 heavy (non-hydrogen) atoms. The topological polar surface area (TPSA) is 46.5 Å². The van der Waals surface area contributed by atoms with E-state index in [2.05, 4.69) is 19.1 Å². The maximum absolute atomic E-state index is 11.1. The lowest BCUT2D eigenvalue weighted by Gasteiger charge is -2.08. The Kier molecular flexibility index (Phi) is 13.0. The van der Waals surface area contributed by atoms with Crippen LogP contribution in [-0.4, -0.2) is 23.8 Å². The minimum atomic E-state index is -0.558. The number of ether oxygens (including phenoxy) is 1. The van der Waals surface area contributed by atoms with Crippen molar-refractivity contribution in [1.29, 1.82) is 0 Å². The second-order valence-electron chi connectivity index (χ2n) is 4.91. The van der Waals surface area contributed by atoms with E-state index in [1.165, 1.54) is 25.7 Å². The van der Waals surface area contributed by atoms with E-state index in [4.69, 9.17) is 4.74 Å². The fraction of sp³-hybridized carbons (Fsp3) is 0.812. The fourth-order valence-corrected chi connectivity index (χ4v) is 1.91. The first-order valence-corrected chi connectivity index (χ1v) is 7.69. The zero-order chi connectivity index (χ0) is 14.3. The lowest BCUT2D eigenvalue weighted by molar-refractivity contribution is -0.145. The third-order valence-corrected chi connectivity index (χ3v) is 3.01. The Hall–Kier alpha value is -0.830. The Morgan fingerprint density at radius 2 is 1.79 bits per heavy atom. The monoisotopic (exact) mass is 270 g/mol. The van der Waals surface area contributed by atoms with E-state index >= 15 is 0 Å². The standard InChI is InChI=1S/C16H30O3/c1-3-5-6-7-8-9-10-11-12-13-15(17)14-16(18)19-4-2/h9-10,15,17H,3-8,11-14H2,1-2H3/b10-9-/t15-/m1/s1. The minimum Gasteiger partial charge on any atom is -0.466 e. The molecule has 3 nitrogen and oxygen atoms in total. The fourth-order valence-electron chi connectivity index (χ4n) is 1.91. The summed E-state index contributed by atoms with van der Waals surface area (Å²) in [5.41, 5.74) is 0. The first kappa shape index (κ1) is 18.2. The molecule has 0 aliphatic rings. The number of rotatable bonds is 12. The highest BCUT2D eigenvalue weighted by Gasteiger charge is 2.10. The van der Waals surface area contributed by atoms with Gasteiger partial charge in [0.15, 0.2) is 0 Å². The average Bonchev–Trinajstić information content (AvgIpc) is 2.37. The molecular weight excluding hydrogens is 240 g/mol. The van der Waals surface area contributed by atoms with Crippen molar-refractivity contribution in [2.24, 2.45) is 0 Å². The van der Waals surface area contributed by atoms with Crippen LogP contribution in [0.2, 0.25) is 0 Å². The number of unbranched alkanes of at least 4 members (excludes halogenated alkanes) is 5. The summed E-state index contributed by atoms with van der Waals surface area (Å²) in [5, 5.41) is 9.62. The van der Waals surface area contributed by atoms with E-state index in [0.717, 1.165) is 19.3 Å². The van der Waals surface area contributed by atoms with Gasteiger partial charge in [0, 0.05) is 0 Å². The maximum atomic E-state index is 11.1. The summed E-state index contributed by atoms with van der Waals surface area (Å²) >= 11 is 0. The zero-order valence-corrected chi connectivity index (χ0v) is 12.6. The Labute approximate surface area is 118 Å². The van der Waals surface area contributed by atoms with Crippen LogP contribution in [0, 0.1) is 0 Å². The van der Waals surface area contributed by atoms with Crippen LogP contribution >= 0.6 is 0 Å². The van der Waals surface area contributed by atoms with E-state index in [9.17, 15) is 9.90 Å². The first-order valence-electron chi connectivity index (χ1n) is 7.69. The van der Waals surface area contributed by atoms with Gasteiger partial charge in [-0.2, -0.15) is 0 Å². The second kappa shape index (κ2) is 13.6. The first-order chi connectivity index (χ1) is 9.20. The van der Waals surface area contributed by atoms with Crippen LogP contribution in [0.4, 0.5) is 0 Å². The number of carbonyl (C=O) groups is 1. The highest BCUT2D eigenvalue weighted by atomic mass is 16.5. The molecule has 0 saturated carbocycles. The molecule has 0 heterocycles. The number of esters is 1. The summed E-state index contributed by atoms with van der Waals surface area (Å²) in [6, 6.07) is 0. The molecule has 0 amide bonds. The smallest absolute Gasteiger partial charge is 0.308 e. The molecule has 0 radical (unpaired) electrons. The normalized spacial score (nSPS) is 12.8. The molecule has 0 saturated heterocycles. The van der Waals surface area contributed by atoms with Crippen LogP contribution in [0.5, 0.6) is 0 Å². The van der Waals surface area contributed by atoms with Crippen molar-refractivity contribution in [2.45, 2.75) is 77.7 Å². The quantitative estimate of drug-likeness (QED) is 0.331. The summed E-state index contributed by atoms with van der Waals surface area (Å²) < 4.78 is 4.79. The number of aliphatic hydroxyl groups is 1. The highest BCUT2D eigenvalue weighted by molar-refractivity contribution is 5.69. The number of aliphatic hydroxyl groups excluding tert-OH is 1. The summed E-state index contributed by atoms with van der Waals surface area (Å²) in [5.74, 6) is -0.304. The van der Waals surface area contributed by atoms with Gasteiger partial charge in [-0.05, 0) is 39.0 Å². The van der Waals surface area contributed by atoms with Gasteiger partial charge in [-0.3, -0.25) is 4.79 Å². The Bertz CT molecular complexity index is 236. The van der Waals surface area contributed by atoms with Gasteiger partial charge in [-0.1, -0.05) is 38.3 Å². The molecule has 0 aromatic rings. The van der Waals surface area contributed by atoms with Gasteiger partial charge in [-0.25, -0.2) is 0 Å². The number of carbonyl (C=O) groups excluding carboxylic acids is 1. The van der Waals surface area contributed by atoms with Crippen molar-refractivity contribution in [3.63, 3.8) is 0 Å². The number of hydrogen-bond donors (Lipinski definition) is 1. The van der Waals surface area contributed by atoms with Crippen molar-refractivity contribution >= 4 is 5.97 Å². The SMILES string of the molecule is CCCCCC/C=C\CCC[C@@H](O)CC(=O)OCC. The third kappa shape index (κ3) is 13.4. The predicted octanol–water partition coefficient (Wildman–Crippen LogP) is 4.00. The van der Waals surface area contributed by atoms with Gasteiger partial charge in [0.2, 0.25) is 0 Å². The van der Waals surface area contributed by atoms with E-state index in [0.29, 0.717) is 13.0 Å². The van der Waals surface area contributed by atoms with Gasteiger partial charge >= 0.3 is 5.97 Å². The Morgan fingerprint density at radius 3 is 2.42 bits per heavy atom. The van der Waals surface area contributed by atoms with E-state index < -0.39 is 6.10 Å². The van der Waals surface area contributed by atoms with E-state index in [1.807, 2.05) is 0 Å². The molecule has 0 aliphatic carbocycles. The lowest BCUT2D eigenvalue weighted by atomic mass is 10.1. The van der Waals surface area contributed by atoms with E-state index in [1.54, 1.807) is 6.92 Å². The summed E-state index contributed by atoms with van der Waals surface area (Å²) in [4.78, 5) is 11.1. The number of hydrogen-bond acceptors (Lipinski definition) is 3. The molecule has 0 rings (SSSR count). The van der Waals surface area contributed by atoms with Crippen LogP contribution in [0.3, 0.4) is 0 Å². The van der Waals surface area contributed by atoms with Gasteiger partial charge in [0.25, 0.3) is 0 Å². The highest BCUT2D eigenvalue weighted by Crippen LogP contribution is 2.08. The molecule has 3 heteroatoms. The molecule has 0 spiro atoms. The van der Waals surface area contributed by atoms with Crippen LogP contribution in [0.1, 0.15) is 71.6 Å². The molecule has 0 bridgehead atoms. The molecule has 0 fully saturated rings. The van der Waals surface area contributed by atoms with Crippen molar-refractivity contribution in [3.8, 4) is 0 Å². The molecule has 1 atom stereocenters. The largest absolute Gasteiger partial charge is 0.466 e. The van der Waals surface area contributed by atoms with Crippen molar-refractivity contribution in [2.75, 3.05) is 6.61 Å². The Balaban J connectivity index is 3.37. The van der Waals surface area contributed by atoms with Crippen molar-refractivity contribution in [3.05, 3.63) is 12.2 Å². The van der Waals surface area contributed by atoms with Crippen LogP contribution in [-0.2, 0) is 9.53 Å². The molecule has 0 aromatic heterocycles. The van der Waals surface area contributed by atoms with Crippen LogP contribution in [0.15, 0.2) is 12.2 Å². The van der Waals surface area contributed by atoms with Crippen LogP contribution in [0.25, 0.3) is 0 Å². The van der Waals surface area contributed by atoms with Gasteiger partial charge in [0.05, 0.1) is 19.1 Å².